The molecular formula is C13H15Cl2FN2O2. The van der Waals surface area contributed by atoms with Crippen molar-refractivity contribution in [3.8, 4) is 0 Å². The van der Waals surface area contributed by atoms with Gasteiger partial charge in [0, 0.05) is 18.8 Å². The van der Waals surface area contributed by atoms with Crippen molar-refractivity contribution in [3.63, 3.8) is 0 Å². The SMILES string of the molecule is CC(Nc1cc(Cl)c(F)c(Cl)c1)C(=O)N1CCOCC1. The highest BCUT2D eigenvalue weighted by Gasteiger charge is 2.22. The Balaban J connectivity index is 2.03. The van der Waals surface area contributed by atoms with Crippen LogP contribution < -0.4 is 5.32 Å². The molecule has 1 atom stereocenters. The van der Waals surface area contributed by atoms with Crippen LogP contribution in [0.5, 0.6) is 0 Å². The molecule has 2 rings (SSSR count). The number of nitrogens with one attached hydrogen (secondary N) is 1. The maximum atomic E-state index is 13.3. The van der Waals surface area contributed by atoms with Gasteiger partial charge in [0.2, 0.25) is 5.91 Å². The fraction of sp³-hybridized carbons (Fsp3) is 0.462. The predicted molar refractivity (Wildman–Crippen MR) is 76.9 cm³/mol. The minimum atomic E-state index is -0.661. The monoisotopic (exact) mass is 320 g/mol. The van der Waals surface area contributed by atoms with Crippen molar-refractivity contribution in [2.75, 3.05) is 31.6 Å². The summed E-state index contributed by atoms with van der Waals surface area (Å²) in [6.45, 7) is 3.99. The minimum absolute atomic E-state index is 0.0372. The number of carbonyl (C=O) groups is 1. The molecule has 1 unspecified atom stereocenters. The van der Waals surface area contributed by atoms with E-state index in [2.05, 4.69) is 5.32 Å². The summed E-state index contributed by atoms with van der Waals surface area (Å²) in [5.41, 5.74) is 0.510. The molecule has 1 fully saturated rings. The number of anilines is 1. The van der Waals surface area contributed by atoms with Crippen molar-refractivity contribution in [1.82, 2.24) is 4.90 Å². The molecule has 20 heavy (non-hydrogen) atoms. The molecular weight excluding hydrogens is 306 g/mol. The molecule has 110 valence electrons. The molecule has 1 aliphatic heterocycles. The van der Waals surface area contributed by atoms with E-state index in [1.54, 1.807) is 11.8 Å². The Bertz CT molecular complexity index is 484. The fourth-order valence-electron chi connectivity index (χ4n) is 2.01. The summed E-state index contributed by atoms with van der Waals surface area (Å²) in [7, 11) is 0. The third-order valence-corrected chi connectivity index (χ3v) is 3.61. The Morgan fingerprint density at radius 3 is 2.45 bits per heavy atom. The van der Waals surface area contributed by atoms with E-state index in [0.717, 1.165) is 0 Å². The molecule has 1 N–H and O–H groups in total. The number of carbonyl (C=O) groups excluding carboxylic acids is 1. The van der Waals surface area contributed by atoms with E-state index in [-0.39, 0.29) is 16.0 Å². The molecule has 1 aromatic rings. The van der Waals surface area contributed by atoms with Crippen molar-refractivity contribution < 1.29 is 13.9 Å². The van der Waals surface area contributed by atoms with E-state index in [9.17, 15) is 9.18 Å². The van der Waals surface area contributed by atoms with Gasteiger partial charge in [-0.1, -0.05) is 23.2 Å². The molecule has 0 spiro atoms. The lowest BCUT2D eigenvalue weighted by molar-refractivity contribution is -0.135. The number of amides is 1. The molecule has 7 heteroatoms. The zero-order valence-corrected chi connectivity index (χ0v) is 12.5. The van der Waals surface area contributed by atoms with Crippen molar-refractivity contribution in [2.24, 2.45) is 0 Å². The van der Waals surface area contributed by atoms with Gasteiger partial charge >= 0.3 is 0 Å². The van der Waals surface area contributed by atoms with Crippen LogP contribution in [0.25, 0.3) is 0 Å². The third kappa shape index (κ3) is 3.53. The molecule has 1 amide bonds. The van der Waals surface area contributed by atoms with Crippen molar-refractivity contribution >= 4 is 34.8 Å². The van der Waals surface area contributed by atoms with Crippen molar-refractivity contribution in [3.05, 3.63) is 28.0 Å². The number of halogens is 3. The summed E-state index contributed by atoms with van der Waals surface area (Å²) in [6.07, 6.45) is 0. The highest BCUT2D eigenvalue weighted by molar-refractivity contribution is 6.35. The number of hydrogen-bond acceptors (Lipinski definition) is 3. The zero-order chi connectivity index (χ0) is 14.7. The Kier molecular flexibility index (Phi) is 5.07. The summed E-state index contributed by atoms with van der Waals surface area (Å²) in [5, 5.41) is 2.82. The van der Waals surface area contributed by atoms with Gasteiger partial charge in [-0.25, -0.2) is 4.39 Å². The third-order valence-electron chi connectivity index (χ3n) is 3.06. The fourth-order valence-corrected chi connectivity index (χ4v) is 2.50. The van der Waals surface area contributed by atoms with E-state index in [4.69, 9.17) is 27.9 Å². The second-order valence-electron chi connectivity index (χ2n) is 4.56. The summed E-state index contributed by atoms with van der Waals surface area (Å²) in [6, 6.07) is 2.36. The first kappa shape index (κ1) is 15.4. The number of morpholine rings is 1. The summed E-state index contributed by atoms with van der Waals surface area (Å²) >= 11 is 11.4. The van der Waals surface area contributed by atoms with Crippen LogP contribution in [-0.2, 0) is 9.53 Å². The number of ether oxygens (including phenoxy) is 1. The highest BCUT2D eigenvalue weighted by atomic mass is 35.5. The van der Waals surface area contributed by atoms with Gasteiger partial charge in [-0.3, -0.25) is 4.79 Å². The molecule has 0 aliphatic carbocycles. The molecule has 0 aromatic heterocycles. The number of benzene rings is 1. The molecule has 1 aromatic carbocycles. The largest absolute Gasteiger partial charge is 0.378 e. The summed E-state index contributed by atoms with van der Waals surface area (Å²) in [4.78, 5) is 13.9. The van der Waals surface area contributed by atoms with Gasteiger partial charge in [-0.05, 0) is 19.1 Å². The van der Waals surface area contributed by atoms with E-state index < -0.39 is 11.9 Å². The Labute approximate surface area is 126 Å². The summed E-state index contributed by atoms with van der Waals surface area (Å²) < 4.78 is 18.5. The van der Waals surface area contributed by atoms with Crippen LogP contribution >= 0.6 is 23.2 Å². The second kappa shape index (κ2) is 6.61. The lowest BCUT2D eigenvalue weighted by atomic mass is 10.2. The van der Waals surface area contributed by atoms with Crippen LogP contribution in [0.4, 0.5) is 10.1 Å². The summed E-state index contributed by atoms with van der Waals surface area (Å²) in [5.74, 6) is -0.698. The smallest absolute Gasteiger partial charge is 0.244 e. The van der Waals surface area contributed by atoms with E-state index in [1.807, 2.05) is 0 Å². The highest BCUT2D eigenvalue weighted by Crippen LogP contribution is 2.27. The number of rotatable bonds is 3. The topological polar surface area (TPSA) is 41.6 Å². The van der Waals surface area contributed by atoms with Crippen LogP contribution in [0.1, 0.15) is 6.92 Å². The average Bonchev–Trinajstić information content (AvgIpc) is 2.44. The maximum absolute atomic E-state index is 13.3. The quantitative estimate of drug-likeness (QED) is 0.871. The predicted octanol–water partition coefficient (Wildman–Crippen LogP) is 2.79. The molecule has 0 bridgehead atoms. The lowest BCUT2D eigenvalue weighted by Crippen LogP contribution is -2.47. The van der Waals surface area contributed by atoms with Crippen molar-refractivity contribution in [1.29, 1.82) is 0 Å². The Morgan fingerprint density at radius 2 is 1.90 bits per heavy atom. The van der Waals surface area contributed by atoms with E-state index in [1.165, 1.54) is 12.1 Å². The number of hydrogen-bond donors (Lipinski definition) is 1. The molecule has 1 saturated heterocycles. The maximum Gasteiger partial charge on any atom is 0.244 e. The van der Waals surface area contributed by atoms with E-state index in [0.29, 0.717) is 32.0 Å². The van der Waals surface area contributed by atoms with Gasteiger partial charge in [0.25, 0.3) is 0 Å². The van der Waals surface area contributed by atoms with Crippen LogP contribution in [-0.4, -0.2) is 43.2 Å². The van der Waals surface area contributed by atoms with Gasteiger partial charge in [0.15, 0.2) is 5.82 Å². The Morgan fingerprint density at radius 1 is 1.35 bits per heavy atom. The first-order valence-corrected chi connectivity index (χ1v) is 7.02. The van der Waals surface area contributed by atoms with Crippen LogP contribution in [0.15, 0.2) is 12.1 Å². The molecule has 0 radical (unpaired) electrons. The average molecular weight is 321 g/mol. The standard InChI is InChI=1S/C13H15Cl2FN2O2/c1-8(13(19)18-2-4-20-5-3-18)17-9-6-10(14)12(16)11(15)7-9/h6-8,17H,2-5H2,1H3. The van der Waals surface area contributed by atoms with Crippen LogP contribution in [0.3, 0.4) is 0 Å². The second-order valence-corrected chi connectivity index (χ2v) is 5.37. The van der Waals surface area contributed by atoms with E-state index >= 15 is 0 Å². The van der Waals surface area contributed by atoms with Crippen LogP contribution in [0.2, 0.25) is 10.0 Å². The van der Waals surface area contributed by atoms with Gasteiger partial charge < -0.3 is 15.0 Å². The lowest BCUT2D eigenvalue weighted by Gasteiger charge is -2.29. The number of nitrogens with zero attached hydrogens (tertiary/aromatic N) is 1. The minimum Gasteiger partial charge on any atom is -0.378 e. The Hall–Kier alpha value is -1.04. The van der Waals surface area contributed by atoms with Gasteiger partial charge in [-0.15, -0.1) is 0 Å². The first-order valence-electron chi connectivity index (χ1n) is 6.26. The normalized spacial score (nSPS) is 16.9. The van der Waals surface area contributed by atoms with Gasteiger partial charge in [0.05, 0.1) is 23.3 Å². The molecule has 1 aliphatic rings. The van der Waals surface area contributed by atoms with Gasteiger partial charge in [0.1, 0.15) is 6.04 Å². The molecule has 4 nitrogen and oxygen atoms in total. The zero-order valence-electron chi connectivity index (χ0n) is 11.0. The first-order chi connectivity index (χ1) is 9.49. The van der Waals surface area contributed by atoms with Crippen LogP contribution in [0, 0.1) is 5.82 Å². The molecule has 0 saturated carbocycles. The van der Waals surface area contributed by atoms with Crippen molar-refractivity contribution in [2.45, 2.75) is 13.0 Å². The van der Waals surface area contributed by atoms with Gasteiger partial charge in [-0.2, -0.15) is 0 Å². The molecule has 1 heterocycles.